The number of hydrogen-bond donors (Lipinski definition) is 2. The Morgan fingerprint density at radius 2 is 2.09 bits per heavy atom. The maximum absolute atomic E-state index is 12.3. The highest BCUT2D eigenvalue weighted by molar-refractivity contribution is 7.89. The van der Waals surface area contributed by atoms with Gasteiger partial charge in [-0.3, -0.25) is 4.79 Å². The van der Waals surface area contributed by atoms with Crippen LogP contribution in [-0.2, 0) is 10.0 Å². The topological polar surface area (TPSA) is 92.5 Å². The largest absolute Gasteiger partial charge is 0.347 e. The number of nitrogens with zero attached hydrogens (tertiary/aromatic N) is 1. The van der Waals surface area contributed by atoms with Crippen molar-refractivity contribution >= 4 is 39.7 Å². The first-order chi connectivity index (χ1) is 9.84. The maximum atomic E-state index is 12.3. The highest BCUT2D eigenvalue weighted by Gasteiger charge is 2.26. The van der Waals surface area contributed by atoms with Gasteiger partial charge in [-0.25, -0.2) is 12.7 Å². The summed E-state index contributed by atoms with van der Waals surface area (Å²) in [5.74, 6) is -0.378. The van der Waals surface area contributed by atoms with Gasteiger partial charge in [0.15, 0.2) is 0 Å². The average Bonchev–Trinajstić information content (AvgIpc) is 2.93. The molecule has 0 radical (unpaired) electrons. The molecule has 1 amide bonds. The lowest BCUT2D eigenvalue weighted by molar-refractivity contribution is 0.0937. The number of nitrogens with two attached hydrogens (primary N) is 1. The molecule has 0 saturated heterocycles. The average molecular weight is 370 g/mol. The Kier molecular flexibility index (Phi) is 9.18. The van der Waals surface area contributed by atoms with Gasteiger partial charge in [0.05, 0.1) is 0 Å². The van der Waals surface area contributed by atoms with Crippen LogP contribution >= 0.6 is 23.7 Å². The minimum absolute atomic E-state index is 0. The van der Waals surface area contributed by atoms with Crippen LogP contribution in [0, 0.1) is 0 Å². The molecule has 3 N–H and O–H groups in total. The van der Waals surface area contributed by atoms with Crippen molar-refractivity contribution in [2.24, 2.45) is 5.73 Å². The van der Waals surface area contributed by atoms with Crippen LogP contribution in [0.25, 0.3) is 0 Å². The molecule has 1 unspecified atom stereocenters. The standard InChI is InChI=1S/C13H23N3O3S2.ClH/c1-4-5-6-10(9-14)15-13(17)12-11(7-8-20-12)21(18,19)16(2)3;/h7-8,10H,4-6,9,14H2,1-3H3,(H,15,17);1H. The molecule has 0 aliphatic heterocycles. The Balaban J connectivity index is 0.00000441. The van der Waals surface area contributed by atoms with Gasteiger partial charge < -0.3 is 11.1 Å². The summed E-state index contributed by atoms with van der Waals surface area (Å²) >= 11 is 1.12. The molecule has 1 heterocycles. The zero-order valence-electron chi connectivity index (χ0n) is 13.0. The molecule has 1 aromatic heterocycles. The Labute approximate surface area is 142 Å². The fourth-order valence-electron chi connectivity index (χ4n) is 1.81. The minimum atomic E-state index is -3.62. The molecule has 0 fully saturated rings. The second kappa shape index (κ2) is 9.46. The number of unbranched alkanes of at least 4 members (excludes halogenated alkanes) is 1. The van der Waals surface area contributed by atoms with Gasteiger partial charge >= 0.3 is 0 Å². The summed E-state index contributed by atoms with van der Waals surface area (Å²) in [5, 5.41) is 4.42. The second-order valence-corrected chi connectivity index (χ2v) is 7.99. The van der Waals surface area contributed by atoms with Crippen LogP contribution in [0.3, 0.4) is 0 Å². The van der Waals surface area contributed by atoms with Crippen LogP contribution in [0.1, 0.15) is 35.9 Å². The predicted octanol–water partition coefficient (Wildman–Crippen LogP) is 1.67. The summed E-state index contributed by atoms with van der Waals surface area (Å²) in [4.78, 5) is 12.5. The number of halogens is 1. The van der Waals surface area contributed by atoms with Gasteiger partial charge in [-0.2, -0.15) is 0 Å². The Morgan fingerprint density at radius 3 is 2.59 bits per heavy atom. The predicted molar refractivity (Wildman–Crippen MR) is 92.3 cm³/mol. The van der Waals surface area contributed by atoms with Crippen molar-refractivity contribution in [2.45, 2.75) is 37.1 Å². The van der Waals surface area contributed by atoms with E-state index in [1.165, 1.54) is 20.2 Å². The number of carbonyl (C=O) groups is 1. The SMILES string of the molecule is CCCCC(CN)NC(=O)c1sccc1S(=O)(=O)N(C)C.Cl. The molecule has 128 valence electrons. The fourth-order valence-corrected chi connectivity index (χ4v) is 4.01. The normalized spacial score (nSPS) is 12.8. The van der Waals surface area contributed by atoms with Crippen molar-refractivity contribution in [2.75, 3.05) is 20.6 Å². The molecule has 22 heavy (non-hydrogen) atoms. The van der Waals surface area contributed by atoms with Crippen molar-refractivity contribution in [1.29, 1.82) is 0 Å². The minimum Gasteiger partial charge on any atom is -0.347 e. The molecule has 9 heteroatoms. The van der Waals surface area contributed by atoms with Gasteiger partial charge in [-0.15, -0.1) is 23.7 Å². The van der Waals surface area contributed by atoms with Gasteiger partial charge in [-0.1, -0.05) is 19.8 Å². The van der Waals surface area contributed by atoms with E-state index in [0.29, 0.717) is 6.54 Å². The lowest BCUT2D eigenvalue weighted by Crippen LogP contribution is -2.40. The highest BCUT2D eigenvalue weighted by atomic mass is 35.5. The molecule has 1 rings (SSSR count). The third-order valence-electron chi connectivity index (χ3n) is 3.12. The number of hydrogen-bond acceptors (Lipinski definition) is 5. The van der Waals surface area contributed by atoms with E-state index in [0.717, 1.165) is 34.9 Å². The first kappa shape index (κ1) is 21.3. The Hall–Kier alpha value is -0.670. The van der Waals surface area contributed by atoms with Gasteiger partial charge in [0.25, 0.3) is 5.91 Å². The van der Waals surface area contributed by atoms with E-state index in [4.69, 9.17) is 5.73 Å². The smallest absolute Gasteiger partial charge is 0.263 e. The van der Waals surface area contributed by atoms with Crippen LogP contribution in [0.5, 0.6) is 0 Å². The first-order valence-electron chi connectivity index (χ1n) is 6.85. The van der Waals surface area contributed by atoms with E-state index in [9.17, 15) is 13.2 Å². The van der Waals surface area contributed by atoms with Gasteiger partial charge in [0.2, 0.25) is 10.0 Å². The molecule has 0 saturated carbocycles. The molecule has 0 spiro atoms. The van der Waals surface area contributed by atoms with Crippen LogP contribution in [0.2, 0.25) is 0 Å². The second-order valence-electron chi connectivity index (χ2n) is 4.95. The zero-order valence-corrected chi connectivity index (χ0v) is 15.5. The molecule has 1 aromatic rings. The van der Waals surface area contributed by atoms with Crippen LogP contribution in [-0.4, -0.2) is 45.3 Å². The summed E-state index contributed by atoms with van der Waals surface area (Å²) in [6.07, 6.45) is 2.78. The third-order valence-corrected chi connectivity index (χ3v) is 6.02. The van der Waals surface area contributed by atoms with E-state index >= 15 is 0 Å². The summed E-state index contributed by atoms with van der Waals surface area (Å²) in [5.41, 5.74) is 5.65. The van der Waals surface area contributed by atoms with Crippen LogP contribution in [0.4, 0.5) is 0 Å². The molecule has 0 bridgehead atoms. The van der Waals surface area contributed by atoms with Gasteiger partial charge in [-0.05, 0) is 17.9 Å². The Morgan fingerprint density at radius 1 is 1.45 bits per heavy atom. The molecule has 0 aromatic carbocycles. The molecular weight excluding hydrogens is 346 g/mol. The lowest BCUT2D eigenvalue weighted by atomic mass is 10.1. The molecule has 0 aliphatic rings. The van der Waals surface area contributed by atoms with Gasteiger partial charge in [0, 0.05) is 26.7 Å². The number of sulfonamides is 1. The third kappa shape index (κ3) is 5.20. The van der Waals surface area contributed by atoms with E-state index in [2.05, 4.69) is 12.2 Å². The lowest BCUT2D eigenvalue weighted by Gasteiger charge is -2.17. The van der Waals surface area contributed by atoms with Crippen molar-refractivity contribution in [1.82, 2.24) is 9.62 Å². The van der Waals surface area contributed by atoms with Crippen molar-refractivity contribution in [3.05, 3.63) is 16.3 Å². The summed E-state index contributed by atoms with van der Waals surface area (Å²) < 4.78 is 25.4. The van der Waals surface area contributed by atoms with Crippen LogP contribution in [0.15, 0.2) is 16.3 Å². The quantitative estimate of drug-likeness (QED) is 0.728. The van der Waals surface area contributed by atoms with E-state index < -0.39 is 10.0 Å². The van der Waals surface area contributed by atoms with Crippen molar-refractivity contribution in [3.63, 3.8) is 0 Å². The Bertz CT molecular complexity index is 573. The summed E-state index contributed by atoms with van der Waals surface area (Å²) in [6.45, 7) is 2.41. The number of carbonyl (C=O) groups excluding carboxylic acids is 1. The molecule has 6 nitrogen and oxygen atoms in total. The summed E-state index contributed by atoms with van der Waals surface area (Å²) in [7, 11) is -0.731. The number of thiophene rings is 1. The van der Waals surface area contributed by atoms with E-state index in [1.807, 2.05) is 0 Å². The number of amides is 1. The number of rotatable bonds is 8. The first-order valence-corrected chi connectivity index (χ1v) is 9.17. The van der Waals surface area contributed by atoms with Gasteiger partial charge in [0.1, 0.15) is 9.77 Å². The summed E-state index contributed by atoms with van der Waals surface area (Å²) in [6, 6.07) is 1.33. The molecule has 1 atom stereocenters. The highest BCUT2D eigenvalue weighted by Crippen LogP contribution is 2.24. The van der Waals surface area contributed by atoms with E-state index in [1.54, 1.807) is 5.38 Å². The maximum Gasteiger partial charge on any atom is 0.263 e. The van der Waals surface area contributed by atoms with E-state index in [-0.39, 0.29) is 34.1 Å². The number of nitrogens with one attached hydrogen (secondary N) is 1. The van der Waals surface area contributed by atoms with Crippen LogP contribution < -0.4 is 11.1 Å². The zero-order chi connectivity index (χ0) is 16.0. The molecular formula is C13H24ClN3O3S2. The molecule has 0 aliphatic carbocycles. The fraction of sp³-hybridized carbons (Fsp3) is 0.615. The van der Waals surface area contributed by atoms with Crippen molar-refractivity contribution < 1.29 is 13.2 Å². The monoisotopic (exact) mass is 369 g/mol. The van der Waals surface area contributed by atoms with Crippen molar-refractivity contribution in [3.8, 4) is 0 Å².